The lowest BCUT2D eigenvalue weighted by molar-refractivity contribution is -0.138. The van der Waals surface area contributed by atoms with E-state index >= 15 is 0 Å². The van der Waals surface area contributed by atoms with Crippen LogP contribution in [-0.4, -0.2) is 38.4 Å². The zero-order valence-electron chi connectivity index (χ0n) is 16.8. The maximum atomic E-state index is 12.8. The third kappa shape index (κ3) is 8.83. The predicted octanol–water partition coefficient (Wildman–Crippen LogP) is 4.77. The minimum atomic E-state index is -4.67. The van der Waals surface area contributed by atoms with Crippen molar-refractivity contribution in [2.75, 3.05) is 26.4 Å². The van der Waals surface area contributed by atoms with Crippen LogP contribution in [0.15, 0.2) is 18.2 Å². The fraction of sp³-hybridized carbons (Fsp3) is 0.556. The molecule has 0 aliphatic heterocycles. The molecule has 0 aliphatic rings. The molecule has 1 rings (SSSR count). The van der Waals surface area contributed by atoms with Crippen LogP contribution in [0.25, 0.3) is 0 Å². The lowest BCUT2D eigenvalue weighted by atomic mass is 10.1. The Balaban J connectivity index is 2.60. The Morgan fingerprint density at radius 3 is 2.13 bits per heavy atom. The number of carbonyl (C=O) groups is 2. The van der Waals surface area contributed by atoms with Gasteiger partial charge < -0.3 is 9.47 Å². The summed E-state index contributed by atoms with van der Waals surface area (Å²) in [5.74, 6) is -2.37. The second-order valence-corrected chi connectivity index (χ2v) is 7.43. The van der Waals surface area contributed by atoms with Crippen LogP contribution in [0.3, 0.4) is 0 Å². The number of hydrogen-bond donors (Lipinski definition) is 0. The van der Waals surface area contributed by atoms with Gasteiger partial charge in [0.25, 0.3) is 0 Å². The van der Waals surface area contributed by atoms with Crippen molar-refractivity contribution < 1.29 is 50.4 Å². The third-order valence-corrected chi connectivity index (χ3v) is 5.03. The highest BCUT2D eigenvalue weighted by atomic mass is 31.2. The van der Waals surface area contributed by atoms with Gasteiger partial charge in [0.2, 0.25) is 0 Å². The van der Waals surface area contributed by atoms with Crippen LogP contribution in [-0.2, 0) is 33.8 Å². The van der Waals surface area contributed by atoms with E-state index in [1.54, 1.807) is 13.8 Å². The van der Waals surface area contributed by atoms with Gasteiger partial charge in [-0.1, -0.05) is 0 Å². The molecule has 0 aromatic heterocycles. The number of phosphoric ester groups is 1. The van der Waals surface area contributed by atoms with Gasteiger partial charge in [-0.3, -0.25) is 18.4 Å². The Kier molecular flexibility index (Phi) is 10.5. The predicted molar refractivity (Wildman–Crippen MR) is 99.1 cm³/mol. The fourth-order valence-corrected chi connectivity index (χ4v) is 3.37. The molecule has 30 heavy (non-hydrogen) atoms. The number of carbonyl (C=O) groups excluding carboxylic acids is 2. The lowest BCUT2D eigenvalue weighted by Crippen LogP contribution is -2.13. The fourth-order valence-electron chi connectivity index (χ4n) is 2.16. The number of hydrogen-bond acceptors (Lipinski definition) is 8. The standard InChI is InChI=1S/C18H24F3O8P/c1-4-26-30(24,27-5-2)28-11-7-6-10-25-17(23)15-9-8-14(18(19,20)21)12-16(15)29-13(3)22/h8-9,12H,4-7,10-11H2,1-3H3. The maximum absolute atomic E-state index is 12.8. The van der Waals surface area contributed by atoms with Gasteiger partial charge in [0.1, 0.15) is 11.3 Å². The Labute approximate surface area is 172 Å². The number of phosphoric acid groups is 1. The second kappa shape index (κ2) is 12.0. The second-order valence-electron chi connectivity index (χ2n) is 5.76. The summed E-state index contributed by atoms with van der Waals surface area (Å²) in [4.78, 5) is 23.3. The molecule has 0 saturated heterocycles. The molecule has 0 amide bonds. The number of halogens is 3. The van der Waals surface area contributed by atoms with Gasteiger partial charge in [0, 0.05) is 6.92 Å². The molecule has 170 valence electrons. The first-order valence-electron chi connectivity index (χ1n) is 9.12. The van der Waals surface area contributed by atoms with Crippen LogP contribution in [0, 0.1) is 0 Å². The molecule has 1 aromatic rings. The number of esters is 2. The summed E-state index contributed by atoms with van der Waals surface area (Å²) in [7, 11) is -3.62. The van der Waals surface area contributed by atoms with Crippen molar-refractivity contribution in [3.8, 4) is 5.75 Å². The Bertz CT molecular complexity index is 756. The highest BCUT2D eigenvalue weighted by Gasteiger charge is 2.32. The molecule has 0 spiro atoms. The molecule has 0 radical (unpaired) electrons. The average Bonchev–Trinajstić information content (AvgIpc) is 2.63. The van der Waals surface area contributed by atoms with Crippen molar-refractivity contribution in [1.29, 1.82) is 0 Å². The van der Waals surface area contributed by atoms with Gasteiger partial charge in [0.15, 0.2) is 0 Å². The molecule has 0 saturated carbocycles. The summed E-state index contributed by atoms with van der Waals surface area (Å²) >= 11 is 0. The quantitative estimate of drug-likeness (QED) is 0.192. The molecule has 0 aliphatic carbocycles. The van der Waals surface area contributed by atoms with Crippen LogP contribution in [0.1, 0.15) is 49.5 Å². The molecular formula is C18H24F3O8P. The summed E-state index contributed by atoms with van der Waals surface area (Å²) in [5, 5.41) is 0. The van der Waals surface area contributed by atoms with Crippen LogP contribution < -0.4 is 4.74 Å². The van der Waals surface area contributed by atoms with Gasteiger partial charge in [-0.25, -0.2) is 9.36 Å². The van der Waals surface area contributed by atoms with Crippen molar-refractivity contribution in [2.24, 2.45) is 0 Å². The molecule has 0 unspecified atom stereocenters. The number of ether oxygens (including phenoxy) is 2. The van der Waals surface area contributed by atoms with Crippen molar-refractivity contribution in [3.05, 3.63) is 29.3 Å². The van der Waals surface area contributed by atoms with Crippen molar-refractivity contribution in [1.82, 2.24) is 0 Å². The van der Waals surface area contributed by atoms with Crippen LogP contribution in [0.5, 0.6) is 5.75 Å². The third-order valence-electron chi connectivity index (χ3n) is 3.38. The number of benzene rings is 1. The van der Waals surface area contributed by atoms with Gasteiger partial charge >= 0.3 is 25.9 Å². The lowest BCUT2D eigenvalue weighted by Gasteiger charge is -2.16. The molecule has 0 N–H and O–H groups in total. The molecular weight excluding hydrogens is 432 g/mol. The van der Waals surface area contributed by atoms with Crippen molar-refractivity contribution in [3.63, 3.8) is 0 Å². The number of unbranched alkanes of at least 4 members (excludes halogenated alkanes) is 1. The van der Waals surface area contributed by atoms with Crippen LogP contribution in [0.2, 0.25) is 0 Å². The van der Waals surface area contributed by atoms with E-state index in [4.69, 9.17) is 23.0 Å². The summed E-state index contributed by atoms with van der Waals surface area (Å²) in [6, 6.07) is 2.13. The molecule has 0 bridgehead atoms. The van der Waals surface area contributed by atoms with E-state index < -0.39 is 37.3 Å². The SMILES string of the molecule is CCOP(=O)(OCC)OCCCCOC(=O)c1ccc(C(F)(F)F)cc1OC(C)=O. The monoisotopic (exact) mass is 456 g/mol. The maximum Gasteiger partial charge on any atom is 0.474 e. The first kappa shape index (κ1) is 26.1. The molecule has 1 aromatic carbocycles. The van der Waals surface area contributed by atoms with Crippen LogP contribution in [0.4, 0.5) is 13.2 Å². The molecule has 0 fully saturated rings. The summed E-state index contributed by atoms with van der Waals surface area (Å²) in [5.41, 5.74) is -1.38. The Hall–Kier alpha value is -1.94. The number of rotatable bonds is 12. The van der Waals surface area contributed by atoms with E-state index in [-0.39, 0.29) is 32.0 Å². The topological polar surface area (TPSA) is 97.4 Å². The Morgan fingerprint density at radius 1 is 1.00 bits per heavy atom. The molecule has 0 heterocycles. The van der Waals surface area contributed by atoms with Gasteiger partial charge in [0.05, 0.1) is 32.0 Å². The zero-order chi connectivity index (χ0) is 22.8. The molecule has 0 atom stereocenters. The smallest absolute Gasteiger partial charge is 0.462 e. The minimum absolute atomic E-state index is 0.0216. The van der Waals surface area contributed by atoms with Gasteiger partial charge in [-0.15, -0.1) is 0 Å². The normalized spacial score (nSPS) is 11.9. The first-order valence-corrected chi connectivity index (χ1v) is 10.6. The van der Waals surface area contributed by atoms with Crippen molar-refractivity contribution in [2.45, 2.75) is 39.8 Å². The average molecular weight is 456 g/mol. The van der Waals surface area contributed by atoms with E-state index in [2.05, 4.69) is 0 Å². The first-order chi connectivity index (χ1) is 14.0. The van der Waals surface area contributed by atoms with E-state index in [1.807, 2.05) is 0 Å². The van der Waals surface area contributed by atoms with E-state index in [0.717, 1.165) is 13.0 Å². The van der Waals surface area contributed by atoms with Gasteiger partial charge in [-0.05, 0) is 44.9 Å². The number of alkyl halides is 3. The summed E-state index contributed by atoms with van der Waals surface area (Å²) in [6.07, 6.45) is -4.01. The van der Waals surface area contributed by atoms with Gasteiger partial charge in [-0.2, -0.15) is 13.2 Å². The van der Waals surface area contributed by atoms with Crippen molar-refractivity contribution >= 4 is 19.8 Å². The highest BCUT2D eigenvalue weighted by molar-refractivity contribution is 7.48. The Morgan fingerprint density at radius 2 is 1.60 bits per heavy atom. The summed E-state index contributed by atoms with van der Waals surface area (Å²) in [6.45, 7) is 4.50. The minimum Gasteiger partial charge on any atom is -0.462 e. The van der Waals surface area contributed by atoms with E-state index in [9.17, 15) is 27.3 Å². The van der Waals surface area contributed by atoms with E-state index in [0.29, 0.717) is 25.0 Å². The largest absolute Gasteiger partial charge is 0.474 e. The molecule has 12 heteroatoms. The highest BCUT2D eigenvalue weighted by Crippen LogP contribution is 2.49. The van der Waals surface area contributed by atoms with Crippen LogP contribution >= 0.6 is 7.82 Å². The summed E-state index contributed by atoms with van der Waals surface area (Å²) < 4.78 is 75.3. The van der Waals surface area contributed by atoms with E-state index in [1.165, 1.54) is 0 Å². The molecule has 8 nitrogen and oxygen atoms in total. The zero-order valence-corrected chi connectivity index (χ0v) is 17.7.